The third-order valence-electron chi connectivity index (χ3n) is 0. The molecule has 0 aromatic carbocycles. The maximum absolute atomic E-state index is 4.25. The number of hydrogen-bond donors (Lipinski definition) is 0. The molecule has 0 heterocycles. The maximum Gasteiger partial charge on any atom is 4.00 e. The normalized spacial score (nSPS) is 0.800. The summed E-state index contributed by atoms with van der Waals surface area (Å²) in [6.45, 7) is 7.00. The van der Waals surface area contributed by atoms with Gasteiger partial charge < -0.3 is 17.5 Å². The van der Waals surface area contributed by atoms with Crippen LogP contribution in [0.25, 0.3) is 0 Å². The quantitative estimate of drug-likeness (QED) is 0.317. The van der Waals surface area contributed by atoms with Gasteiger partial charge in [-0.25, -0.2) is 0 Å². The standard InChI is InChI=1S/C2H3.2O.Ti/c1-2;;;/h1H,2H2;;;/q-1;2*-2;+4. The molecule has 0 aliphatic heterocycles. The van der Waals surface area contributed by atoms with Gasteiger partial charge in [-0.15, -0.1) is 0 Å². The van der Waals surface area contributed by atoms with E-state index in [0.29, 0.717) is 0 Å². The summed E-state index contributed by atoms with van der Waals surface area (Å²) in [4.78, 5) is 0. The largest absolute Gasteiger partial charge is 4.00 e. The van der Waals surface area contributed by atoms with Gasteiger partial charge in [0, 0.05) is 0 Å². The second-order valence-corrected chi connectivity index (χ2v) is 0. The molecule has 0 fully saturated rings. The van der Waals surface area contributed by atoms with Crippen LogP contribution in [-0.2, 0) is 32.7 Å². The molecule has 2 nitrogen and oxygen atoms in total. The van der Waals surface area contributed by atoms with Crippen LogP contribution < -0.4 is 0 Å². The number of rotatable bonds is 0. The van der Waals surface area contributed by atoms with Crippen LogP contribution in [0.4, 0.5) is 0 Å². The Morgan fingerprint density at radius 3 is 1.00 bits per heavy atom. The molecule has 0 unspecified atom stereocenters. The van der Waals surface area contributed by atoms with Gasteiger partial charge in [0.2, 0.25) is 0 Å². The first-order valence-electron chi connectivity index (χ1n) is 0.408. The van der Waals surface area contributed by atoms with Crippen LogP contribution in [0, 0.1) is 6.58 Å². The van der Waals surface area contributed by atoms with Gasteiger partial charge in [0.05, 0.1) is 0 Å². The van der Waals surface area contributed by atoms with Gasteiger partial charge >= 0.3 is 21.7 Å². The van der Waals surface area contributed by atoms with Gasteiger partial charge in [0.15, 0.2) is 0 Å². The average molecular weight is 107 g/mol. The van der Waals surface area contributed by atoms with E-state index in [0.717, 1.165) is 0 Å². The SMILES string of the molecule is [CH-]=C.[O-2].[O-2].[Ti+4]. The summed E-state index contributed by atoms with van der Waals surface area (Å²) < 4.78 is 0. The van der Waals surface area contributed by atoms with Crippen molar-refractivity contribution in [3.05, 3.63) is 13.2 Å². The second-order valence-electron chi connectivity index (χ2n) is 0. The van der Waals surface area contributed by atoms with E-state index in [9.17, 15) is 0 Å². The van der Waals surface area contributed by atoms with E-state index in [1.165, 1.54) is 0 Å². The fourth-order valence-corrected chi connectivity index (χ4v) is 0. The van der Waals surface area contributed by atoms with Gasteiger partial charge in [-0.05, 0) is 0 Å². The van der Waals surface area contributed by atoms with Crippen molar-refractivity contribution in [1.82, 2.24) is 0 Å². The maximum atomic E-state index is 4.25. The van der Waals surface area contributed by atoms with E-state index < -0.39 is 0 Å². The molecule has 0 saturated heterocycles. The summed E-state index contributed by atoms with van der Waals surface area (Å²) in [5, 5.41) is 0. The molecule has 5 heavy (non-hydrogen) atoms. The molecule has 28 valence electrons. The molecule has 0 N–H and O–H groups in total. The predicted molar refractivity (Wildman–Crippen MR) is 11.3 cm³/mol. The molecule has 0 aliphatic carbocycles. The van der Waals surface area contributed by atoms with Crippen molar-refractivity contribution in [2.75, 3.05) is 0 Å². The molecule has 0 aliphatic rings. The van der Waals surface area contributed by atoms with E-state index in [4.69, 9.17) is 0 Å². The summed E-state index contributed by atoms with van der Waals surface area (Å²) in [5.41, 5.74) is 0. The molecule has 0 radical (unpaired) electrons. The topological polar surface area (TPSA) is 57.0 Å². The van der Waals surface area contributed by atoms with Crippen molar-refractivity contribution in [3.8, 4) is 0 Å². The Kier molecular flexibility index (Phi) is 3870. The van der Waals surface area contributed by atoms with Gasteiger partial charge in [-0.3, -0.25) is 6.58 Å². The zero-order chi connectivity index (χ0) is 2.00. The van der Waals surface area contributed by atoms with Crippen molar-refractivity contribution >= 4 is 0 Å². The van der Waals surface area contributed by atoms with E-state index in [1.807, 2.05) is 0 Å². The van der Waals surface area contributed by atoms with Crippen LogP contribution in [0.5, 0.6) is 0 Å². The molecule has 3 heteroatoms. The van der Waals surface area contributed by atoms with Crippen LogP contribution in [0.1, 0.15) is 0 Å². The zero-order valence-electron chi connectivity index (χ0n) is 2.60. The van der Waals surface area contributed by atoms with E-state index in [1.54, 1.807) is 0 Å². The van der Waals surface area contributed by atoms with Crippen LogP contribution >= 0.6 is 0 Å². The average Bonchev–Trinajstić information content (AvgIpc) is 1.00. The van der Waals surface area contributed by atoms with Crippen molar-refractivity contribution in [1.29, 1.82) is 0 Å². The van der Waals surface area contributed by atoms with Crippen molar-refractivity contribution in [2.24, 2.45) is 0 Å². The molecule has 0 saturated carbocycles. The molecule has 0 rings (SSSR count). The smallest absolute Gasteiger partial charge is 2.00 e. The van der Waals surface area contributed by atoms with Gasteiger partial charge in [-0.1, -0.05) is 0 Å². The molecular weight excluding hydrogens is 104 g/mol. The minimum Gasteiger partial charge on any atom is -2.00 e. The Morgan fingerprint density at radius 2 is 1.00 bits per heavy atom. The minimum atomic E-state index is 0. The number of hydrogen-bond acceptors (Lipinski definition) is 0. The van der Waals surface area contributed by atoms with Crippen LogP contribution in [0.2, 0.25) is 0 Å². The Morgan fingerprint density at radius 1 is 1.00 bits per heavy atom. The Hall–Kier alpha value is 0.374. The Bertz CT molecular complexity index is 7.61. The van der Waals surface area contributed by atoms with Gasteiger partial charge in [0.1, 0.15) is 0 Å². The van der Waals surface area contributed by atoms with Gasteiger partial charge in [-0.2, -0.15) is 0 Å². The summed E-state index contributed by atoms with van der Waals surface area (Å²) in [7, 11) is 0. The Balaban J connectivity index is -0.00000000167. The fourth-order valence-electron chi connectivity index (χ4n) is 0. The van der Waals surface area contributed by atoms with Crippen molar-refractivity contribution in [2.45, 2.75) is 0 Å². The monoisotopic (exact) mass is 107 g/mol. The third kappa shape index (κ3) is 176. The predicted octanol–water partition coefficient (Wildman–Crippen LogP) is 0.365. The first-order valence-corrected chi connectivity index (χ1v) is 0.408. The van der Waals surface area contributed by atoms with Crippen LogP contribution in [0.15, 0.2) is 6.58 Å². The van der Waals surface area contributed by atoms with E-state index >= 15 is 0 Å². The molecule has 0 spiro atoms. The summed E-state index contributed by atoms with van der Waals surface area (Å²) in [5.74, 6) is 0. The summed E-state index contributed by atoms with van der Waals surface area (Å²) in [6.07, 6.45) is 0. The van der Waals surface area contributed by atoms with E-state index in [2.05, 4.69) is 13.2 Å². The van der Waals surface area contributed by atoms with Crippen molar-refractivity contribution in [3.63, 3.8) is 0 Å². The third-order valence-corrected chi connectivity index (χ3v) is 0. The molecule has 0 atom stereocenters. The summed E-state index contributed by atoms with van der Waals surface area (Å²) >= 11 is 0. The van der Waals surface area contributed by atoms with E-state index in [-0.39, 0.29) is 32.7 Å². The fraction of sp³-hybridized carbons (Fsp3) is 0. The summed E-state index contributed by atoms with van der Waals surface area (Å²) in [6, 6.07) is 0. The first-order chi connectivity index (χ1) is 1.00. The second kappa shape index (κ2) is 356. The molecule has 0 amide bonds. The van der Waals surface area contributed by atoms with Crippen molar-refractivity contribution < 1.29 is 32.7 Å². The first kappa shape index (κ1) is 54.4. The zero-order valence-corrected chi connectivity index (χ0v) is 4.16. The molecular formula is C2H3O2Ti-. The van der Waals surface area contributed by atoms with Gasteiger partial charge in [0.25, 0.3) is 0 Å². The molecule has 0 bridgehead atoms. The Labute approximate surface area is 46.4 Å². The van der Waals surface area contributed by atoms with Crippen LogP contribution in [0.3, 0.4) is 0 Å². The van der Waals surface area contributed by atoms with Crippen LogP contribution in [-0.4, -0.2) is 0 Å². The molecule has 0 aromatic rings. The minimum absolute atomic E-state index is 0. The molecule has 0 aromatic heterocycles.